The van der Waals surface area contributed by atoms with Crippen LogP contribution in [0, 0.1) is 23.4 Å². The number of carbonyl (C=O) groups excluding carboxylic acids is 1. The minimum absolute atomic E-state index is 0.0754. The van der Waals surface area contributed by atoms with E-state index in [4.69, 9.17) is 9.47 Å². The first-order valence-corrected chi connectivity index (χ1v) is 11.6. The van der Waals surface area contributed by atoms with Crippen LogP contribution in [0.25, 0.3) is 0 Å². The molecule has 8 heteroatoms. The Kier molecular flexibility index (Phi) is 5.82. The summed E-state index contributed by atoms with van der Waals surface area (Å²) in [6, 6.07) is 4.65. The Labute approximate surface area is 195 Å². The highest BCUT2D eigenvalue weighted by atomic mass is 19.2. The molecule has 182 valence electrons. The number of alkyl halides is 1. The van der Waals surface area contributed by atoms with Gasteiger partial charge >= 0.3 is 0 Å². The largest absolute Gasteiger partial charge is 0.493 e. The summed E-state index contributed by atoms with van der Waals surface area (Å²) in [4.78, 5) is 15.1. The number of ketones is 1. The number of nitrogens with zero attached hydrogens (tertiary/aromatic N) is 1. The van der Waals surface area contributed by atoms with E-state index in [9.17, 15) is 18.0 Å². The van der Waals surface area contributed by atoms with Gasteiger partial charge < -0.3 is 9.47 Å². The molecule has 0 aromatic heterocycles. The lowest BCUT2D eigenvalue weighted by Gasteiger charge is -2.43. The molecule has 0 amide bonds. The summed E-state index contributed by atoms with van der Waals surface area (Å²) in [6.07, 6.45) is 2.58. The summed E-state index contributed by atoms with van der Waals surface area (Å²) in [5, 5.41) is 0. The predicted molar refractivity (Wildman–Crippen MR) is 117 cm³/mol. The van der Waals surface area contributed by atoms with E-state index in [0.29, 0.717) is 29.5 Å². The zero-order valence-corrected chi connectivity index (χ0v) is 19.2. The van der Waals surface area contributed by atoms with Gasteiger partial charge in [0.2, 0.25) is 0 Å². The fourth-order valence-corrected chi connectivity index (χ4v) is 6.19. The second kappa shape index (κ2) is 8.56. The number of hydrogen-bond donors (Lipinski definition) is 0. The third-order valence-electron chi connectivity index (χ3n) is 7.74. The maximum atomic E-state index is 16.1. The summed E-state index contributed by atoms with van der Waals surface area (Å²) in [6.45, 7) is 0.113. The highest BCUT2D eigenvalue weighted by molar-refractivity contribution is 6.03. The van der Waals surface area contributed by atoms with E-state index in [1.165, 1.54) is 14.2 Å². The summed E-state index contributed by atoms with van der Waals surface area (Å²) < 4.78 is 67.9. The minimum Gasteiger partial charge on any atom is -0.493 e. The van der Waals surface area contributed by atoms with Crippen LogP contribution in [0.2, 0.25) is 0 Å². The zero-order chi connectivity index (χ0) is 24.2. The Morgan fingerprint density at radius 3 is 2.21 bits per heavy atom. The van der Waals surface area contributed by atoms with Gasteiger partial charge in [0.15, 0.2) is 28.9 Å². The average Bonchev–Trinajstić information content (AvgIpc) is 3.23. The fraction of sp³-hybridized carbons (Fsp3) is 0.500. The molecule has 4 nitrogen and oxygen atoms in total. The molecule has 0 N–H and O–H groups in total. The zero-order valence-electron chi connectivity index (χ0n) is 19.2. The van der Waals surface area contributed by atoms with E-state index in [0.717, 1.165) is 24.5 Å². The van der Waals surface area contributed by atoms with Crippen LogP contribution < -0.4 is 9.47 Å². The molecule has 2 aliphatic heterocycles. The Morgan fingerprint density at radius 2 is 1.56 bits per heavy atom. The van der Waals surface area contributed by atoms with Crippen molar-refractivity contribution in [3.63, 3.8) is 0 Å². The molecule has 3 atom stereocenters. The third-order valence-corrected chi connectivity index (χ3v) is 7.74. The lowest BCUT2D eigenvalue weighted by Crippen LogP contribution is -2.49. The second-order valence-corrected chi connectivity index (χ2v) is 9.81. The van der Waals surface area contributed by atoms with Gasteiger partial charge in [0.1, 0.15) is 11.5 Å². The van der Waals surface area contributed by atoms with Crippen molar-refractivity contribution >= 4 is 5.78 Å². The Bertz CT molecular complexity index is 1120. The molecule has 2 bridgehead atoms. The standard InChI is InChI=1S/C26H27F4NO3/c1-33-23-7-14-5-15(25(32)19(14)8-24(23)34-2)10-26(30)11-17-3-4-18(12-26)31(17)13-16-6-21(28)22(29)9-20(16)27/h6-9,15,17-18H,3-5,10-13H2,1-2H3. The molecule has 0 spiro atoms. The van der Waals surface area contributed by atoms with Crippen molar-refractivity contribution in [1.82, 2.24) is 4.90 Å². The van der Waals surface area contributed by atoms with Crippen LogP contribution in [0.5, 0.6) is 11.5 Å². The second-order valence-electron chi connectivity index (χ2n) is 9.81. The van der Waals surface area contributed by atoms with Gasteiger partial charge in [-0.05, 0) is 62.3 Å². The monoisotopic (exact) mass is 477 g/mol. The fourth-order valence-electron chi connectivity index (χ4n) is 6.19. The number of methoxy groups -OCH3 is 2. The molecule has 2 aromatic rings. The third kappa shape index (κ3) is 3.96. The van der Waals surface area contributed by atoms with Gasteiger partial charge in [0.25, 0.3) is 0 Å². The molecule has 2 fully saturated rings. The quantitative estimate of drug-likeness (QED) is 0.413. The molecule has 2 aromatic carbocycles. The first kappa shape index (κ1) is 23.1. The molecule has 1 aliphatic carbocycles. The first-order chi connectivity index (χ1) is 16.2. The molecule has 34 heavy (non-hydrogen) atoms. The van der Waals surface area contributed by atoms with E-state index in [2.05, 4.69) is 0 Å². The van der Waals surface area contributed by atoms with Gasteiger partial charge in [-0.15, -0.1) is 0 Å². The number of piperidine rings is 1. The topological polar surface area (TPSA) is 38.8 Å². The van der Waals surface area contributed by atoms with E-state index in [-0.39, 0.29) is 49.2 Å². The lowest BCUT2D eigenvalue weighted by atomic mass is 9.79. The van der Waals surface area contributed by atoms with Crippen LogP contribution in [-0.2, 0) is 13.0 Å². The molecule has 0 radical (unpaired) electrons. The van der Waals surface area contributed by atoms with Gasteiger partial charge in [-0.3, -0.25) is 9.69 Å². The van der Waals surface area contributed by atoms with E-state index in [1.807, 2.05) is 4.90 Å². The van der Waals surface area contributed by atoms with Crippen molar-refractivity contribution in [3.8, 4) is 11.5 Å². The smallest absolute Gasteiger partial charge is 0.166 e. The van der Waals surface area contributed by atoms with E-state index < -0.39 is 29.0 Å². The highest BCUT2D eigenvalue weighted by Gasteiger charge is 2.51. The van der Waals surface area contributed by atoms with Crippen LogP contribution in [0.4, 0.5) is 17.6 Å². The lowest BCUT2D eigenvalue weighted by molar-refractivity contribution is -0.00694. The van der Waals surface area contributed by atoms with Gasteiger partial charge in [0.05, 0.1) is 14.2 Å². The van der Waals surface area contributed by atoms with Crippen molar-refractivity contribution < 1.29 is 31.8 Å². The SMILES string of the molecule is COc1cc2c(cc1OC)C(=O)C(CC1(F)CC3CCC(C1)N3Cc1cc(F)c(F)cc1F)C2. The molecule has 5 rings (SSSR count). The van der Waals surface area contributed by atoms with E-state index in [1.54, 1.807) is 12.1 Å². The Morgan fingerprint density at radius 1 is 0.941 bits per heavy atom. The molecular formula is C26H27F4NO3. The van der Waals surface area contributed by atoms with Gasteiger partial charge in [-0.25, -0.2) is 17.6 Å². The molecule has 3 aliphatic rings. The molecule has 2 heterocycles. The Balaban J connectivity index is 1.30. The maximum Gasteiger partial charge on any atom is 0.166 e. The van der Waals surface area contributed by atoms with Crippen LogP contribution in [-0.4, -0.2) is 42.7 Å². The van der Waals surface area contributed by atoms with Crippen LogP contribution >= 0.6 is 0 Å². The number of benzene rings is 2. The van der Waals surface area contributed by atoms with Crippen LogP contribution in [0.3, 0.4) is 0 Å². The van der Waals surface area contributed by atoms with Gasteiger partial charge in [-0.1, -0.05) is 0 Å². The number of ether oxygens (including phenoxy) is 2. The van der Waals surface area contributed by atoms with Gasteiger partial charge in [0, 0.05) is 41.7 Å². The molecular weight excluding hydrogens is 450 g/mol. The summed E-state index contributed by atoms with van der Waals surface area (Å²) in [5.74, 6) is -2.62. The minimum atomic E-state index is -1.51. The van der Waals surface area contributed by atoms with E-state index >= 15 is 4.39 Å². The maximum absolute atomic E-state index is 16.1. The van der Waals surface area contributed by atoms with Crippen molar-refractivity contribution in [3.05, 3.63) is 58.4 Å². The van der Waals surface area contributed by atoms with Crippen molar-refractivity contribution in [2.45, 2.75) is 62.8 Å². The molecule has 3 unspecified atom stereocenters. The first-order valence-electron chi connectivity index (χ1n) is 11.6. The average molecular weight is 477 g/mol. The summed E-state index contributed by atoms with van der Waals surface area (Å²) in [5.41, 5.74) is -0.0386. The number of hydrogen-bond acceptors (Lipinski definition) is 4. The molecule has 0 saturated carbocycles. The predicted octanol–water partition coefficient (Wildman–Crippen LogP) is 5.40. The number of halogens is 4. The number of fused-ring (bicyclic) bond motifs is 3. The van der Waals surface area contributed by atoms with Gasteiger partial charge in [-0.2, -0.15) is 0 Å². The van der Waals surface area contributed by atoms with Crippen molar-refractivity contribution in [2.24, 2.45) is 5.92 Å². The van der Waals surface area contributed by atoms with Crippen molar-refractivity contribution in [2.75, 3.05) is 14.2 Å². The summed E-state index contributed by atoms with van der Waals surface area (Å²) in [7, 11) is 3.04. The normalized spacial score (nSPS) is 28.3. The molecule has 2 saturated heterocycles. The van der Waals surface area contributed by atoms with Crippen LogP contribution in [0.1, 0.15) is 53.6 Å². The number of carbonyl (C=O) groups is 1. The summed E-state index contributed by atoms with van der Waals surface area (Å²) >= 11 is 0. The number of rotatable bonds is 6. The van der Waals surface area contributed by atoms with Crippen molar-refractivity contribution in [1.29, 1.82) is 0 Å². The highest BCUT2D eigenvalue weighted by Crippen LogP contribution is 2.48. The Hall–Kier alpha value is -2.61. The number of Topliss-reactive ketones (excluding diaryl/α,β-unsaturated/α-hetero) is 1. The van der Waals surface area contributed by atoms with Crippen LogP contribution in [0.15, 0.2) is 24.3 Å².